The number of carbonyl (C=O) groups excluding carboxylic acids is 3. The smallest absolute Gasteiger partial charge is 0.411 e. The van der Waals surface area contributed by atoms with Gasteiger partial charge in [0.2, 0.25) is 0 Å². The van der Waals surface area contributed by atoms with E-state index in [0.29, 0.717) is 18.1 Å². The van der Waals surface area contributed by atoms with Gasteiger partial charge in [-0.25, -0.2) is 14.4 Å². The summed E-state index contributed by atoms with van der Waals surface area (Å²) in [6, 6.07) is 4.68. The molecule has 2 aliphatic rings. The molecule has 1 aromatic rings. The van der Waals surface area contributed by atoms with E-state index < -0.39 is 35.9 Å². The predicted octanol–water partition coefficient (Wildman–Crippen LogP) is 3.34. The molecule has 1 aromatic carbocycles. The van der Waals surface area contributed by atoms with E-state index in [4.69, 9.17) is 25.8 Å². The molecule has 2 heterocycles. The van der Waals surface area contributed by atoms with Crippen LogP contribution in [0.4, 0.5) is 9.59 Å². The zero-order chi connectivity index (χ0) is 21.3. The van der Waals surface area contributed by atoms with Crippen molar-refractivity contribution in [2.24, 2.45) is 0 Å². The van der Waals surface area contributed by atoms with Crippen LogP contribution < -0.4 is 0 Å². The van der Waals surface area contributed by atoms with Gasteiger partial charge in [-0.3, -0.25) is 9.80 Å². The van der Waals surface area contributed by atoms with Gasteiger partial charge in [-0.1, -0.05) is 23.7 Å². The van der Waals surface area contributed by atoms with Crippen molar-refractivity contribution >= 4 is 29.8 Å². The number of methoxy groups -OCH3 is 1. The highest BCUT2D eigenvalue weighted by Crippen LogP contribution is 2.30. The van der Waals surface area contributed by atoms with Crippen molar-refractivity contribution in [3.8, 4) is 0 Å². The summed E-state index contributed by atoms with van der Waals surface area (Å²) in [7, 11) is 1.25. The maximum absolute atomic E-state index is 12.6. The monoisotopic (exact) mass is 424 g/mol. The van der Waals surface area contributed by atoms with Gasteiger partial charge < -0.3 is 14.2 Å². The quantitative estimate of drug-likeness (QED) is 0.534. The van der Waals surface area contributed by atoms with E-state index in [9.17, 15) is 14.4 Å². The summed E-state index contributed by atoms with van der Waals surface area (Å²) in [4.78, 5) is 40.1. The molecular weight excluding hydrogens is 400 g/mol. The number of esters is 1. The van der Waals surface area contributed by atoms with Crippen LogP contribution >= 0.6 is 11.6 Å². The van der Waals surface area contributed by atoms with Crippen LogP contribution in [-0.2, 0) is 32.1 Å². The summed E-state index contributed by atoms with van der Waals surface area (Å²) >= 11 is 6.20. The Kier molecular flexibility index (Phi) is 5.93. The molecule has 0 aliphatic carbocycles. The predicted molar refractivity (Wildman–Crippen MR) is 104 cm³/mol. The Bertz CT molecular complexity index is 822. The highest BCUT2D eigenvalue weighted by Gasteiger charge is 2.44. The van der Waals surface area contributed by atoms with Crippen LogP contribution in [0.3, 0.4) is 0 Å². The van der Waals surface area contributed by atoms with Gasteiger partial charge in [0.25, 0.3) is 0 Å². The van der Waals surface area contributed by atoms with Crippen LogP contribution in [0.2, 0.25) is 5.02 Å². The molecule has 8 nitrogen and oxygen atoms in total. The van der Waals surface area contributed by atoms with Crippen molar-refractivity contribution in [1.29, 1.82) is 0 Å². The molecule has 9 heteroatoms. The normalized spacial score (nSPS) is 21.0. The first-order valence-corrected chi connectivity index (χ1v) is 9.76. The minimum atomic E-state index is -0.863. The maximum atomic E-state index is 12.6. The average molecular weight is 425 g/mol. The number of ether oxygens (including phenoxy) is 3. The number of fused-ring (bicyclic) bond motifs is 1. The summed E-state index contributed by atoms with van der Waals surface area (Å²) in [5.41, 5.74) is 1.16. The molecule has 2 unspecified atom stereocenters. The third kappa shape index (κ3) is 4.75. The Hall–Kier alpha value is -2.48. The summed E-state index contributed by atoms with van der Waals surface area (Å²) < 4.78 is 15.8. The molecule has 0 radical (unpaired) electrons. The lowest BCUT2D eigenvalue weighted by Crippen LogP contribution is -2.44. The van der Waals surface area contributed by atoms with Gasteiger partial charge >= 0.3 is 18.2 Å². The largest absolute Gasteiger partial charge is 0.467 e. The maximum Gasteiger partial charge on any atom is 0.411 e. The average Bonchev–Trinajstić information content (AvgIpc) is 3.25. The van der Waals surface area contributed by atoms with Gasteiger partial charge in [0, 0.05) is 18.0 Å². The van der Waals surface area contributed by atoms with Crippen molar-refractivity contribution in [2.75, 3.05) is 13.7 Å². The minimum Gasteiger partial charge on any atom is -0.467 e. The molecular formula is C20H25ClN2O6. The SMILES string of the molecule is COC(=O)C1CC(OC(=O)N2Cc3cccc(Cl)c3C2)CN1C(=O)OC(C)(C)C. The fourth-order valence-electron chi connectivity index (χ4n) is 3.49. The topological polar surface area (TPSA) is 85.4 Å². The summed E-state index contributed by atoms with van der Waals surface area (Å²) in [5.74, 6) is -0.574. The van der Waals surface area contributed by atoms with E-state index >= 15 is 0 Å². The van der Waals surface area contributed by atoms with Gasteiger partial charge in [0.05, 0.1) is 20.2 Å². The van der Waals surface area contributed by atoms with E-state index in [1.807, 2.05) is 12.1 Å². The summed E-state index contributed by atoms with van der Waals surface area (Å²) in [6.45, 7) is 6.03. The van der Waals surface area contributed by atoms with Crippen LogP contribution in [0.5, 0.6) is 0 Å². The third-order valence-corrected chi connectivity index (χ3v) is 5.17. The van der Waals surface area contributed by atoms with Crippen molar-refractivity contribution in [3.05, 3.63) is 34.3 Å². The van der Waals surface area contributed by atoms with Crippen molar-refractivity contribution < 1.29 is 28.6 Å². The molecule has 0 spiro atoms. The van der Waals surface area contributed by atoms with Crippen LogP contribution in [0.1, 0.15) is 38.3 Å². The Morgan fingerprint density at radius 1 is 1.14 bits per heavy atom. The van der Waals surface area contributed by atoms with E-state index in [0.717, 1.165) is 11.1 Å². The van der Waals surface area contributed by atoms with Gasteiger partial charge in [-0.15, -0.1) is 0 Å². The molecule has 0 bridgehead atoms. The highest BCUT2D eigenvalue weighted by atomic mass is 35.5. The zero-order valence-electron chi connectivity index (χ0n) is 16.9. The fraction of sp³-hybridized carbons (Fsp3) is 0.550. The number of rotatable bonds is 2. The first-order valence-electron chi connectivity index (χ1n) is 9.38. The number of nitrogens with zero attached hydrogens (tertiary/aromatic N) is 2. The fourth-order valence-corrected chi connectivity index (χ4v) is 3.75. The number of hydrogen-bond donors (Lipinski definition) is 0. The number of likely N-dealkylation sites (tertiary alicyclic amines) is 1. The van der Waals surface area contributed by atoms with E-state index in [-0.39, 0.29) is 13.0 Å². The first-order chi connectivity index (χ1) is 13.6. The third-order valence-electron chi connectivity index (χ3n) is 4.82. The standard InChI is InChI=1S/C20H25ClN2O6/c1-20(2,3)29-19(26)23-10-13(8-16(23)17(24)27-4)28-18(25)22-9-12-6-5-7-15(21)14(12)11-22/h5-7,13,16H,8-11H2,1-4H3. The Balaban J connectivity index is 1.65. The summed E-state index contributed by atoms with van der Waals surface area (Å²) in [6.07, 6.45) is -1.65. The molecule has 1 fully saturated rings. The van der Waals surface area contributed by atoms with Gasteiger partial charge in [0.15, 0.2) is 0 Å². The second-order valence-corrected chi connectivity index (χ2v) is 8.55. The van der Waals surface area contributed by atoms with Crippen molar-refractivity contribution in [1.82, 2.24) is 9.80 Å². The first kappa shape index (κ1) is 21.2. The number of amides is 2. The molecule has 2 aliphatic heterocycles. The molecule has 0 N–H and O–H groups in total. The van der Waals surface area contributed by atoms with Gasteiger partial charge in [0.1, 0.15) is 17.7 Å². The molecule has 2 amide bonds. The van der Waals surface area contributed by atoms with Crippen LogP contribution in [0.15, 0.2) is 18.2 Å². The number of halogens is 1. The molecule has 1 saturated heterocycles. The van der Waals surface area contributed by atoms with Crippen molar-refractivity contribution in [3.63, 3.8) is 0 Å². The number of carbonyl (C=O) groups is 3. The number of hydrogen-bond acceptors (Lipinski definition) is 6. The lowest BCUT2D eigenvalue weighted by atomic mass is 10.1. The molecule has 2 atom stereocenters. The molecule has 0 saturated carbocycles. The molecule has 29 heavy (non-hydrogen) atoms. The minimum absolute atomic E-state index is 0.0575. The van der Waals surface area contributed by atoms with E-state index in [1.165, 1.54) is 12.0 Å². The molecule has 3 rings (SSSR count). The Morgan fingerprint density at radius 2 is 1.86 bits per heavy atom. The van der Waals surface area contributed by atoms with E-state index in [2.05, 4.69) is 0 Å². The Morgan fingerprint density at radius 3 is 2.48 bits per heavy atom. The van der Waals surface area contributed by atoms with E-state index in [1.54, 1.807) is 31.7 Å². The van der Waals surface area contributed by atoms with Crippen LogP contribution in [-0.4, -0.2) is 59.4 Å². The Labute approximate surface area is 174 Å². The zero-order valence-corrected chi connectivity index (χ0v) is 17.7. The van der Waals surface area contributed by atoms with Crippen molar-refractivity contribution in [2.45, 2.75) is 58.0 Å². The molecule has 0 aromatic heterocycles. The van der Waals surface area contributed by atoms with Crippen LogP contribution in [0.25, 0.3) is 0 Å². The second-order valence-electron chi connectivity index (χ2n) is 8.15. The van der Waals surface area contributed by atoms with Crippen LogP contribution in [0, 0.1) is 0 Å². The second kappa shape index (κ2) is 8.10. The highest BCUT2D eigenvalue weighted by molar-refractivity contribution is 6.31. The number of benzene rings is 1. The summed E-state index contributed by atoms with van der Waals surface area (Å²) in [5, 5.41) is 0.612. The molecule has 158 valence electrons. The van der Waals surface area contributed by atoms with Gasteiger partial charge in [-0.05, 0) is 38.0 Å². The lowest BCUT2D eigenvalue weighted by molar-refractivity contribution is -0.145. The van der Waals surface area contributed by atoms with Gasteiger partial charge in [-0.2, -0.15) is 0 Å². The lowest BCUT2D eigenvalue weighted by Gasteiger charge is -2.27.